The Morgan fingerprint density at radius 3 is 1.81 bits per heavy atom. The van der Waals surface area contributed by atoms with E-state index in [0.717, 1.165) is 25.7 Å². The summed E-state index contributed by atoms with van der Waals surface area (Å²) >= 11 is 0. The van der Waals surface area contributed by atoms with Gasteiger partial charge in [-0.3, -0.25) is 19.3 Å². The van der Waals surface area contributed by atoms with Gasteiger partial charge in [-0.1, -0.05) is 55.4 Å². The van der Waals surface area contributed by atoms with Gasteiger partial charge in [0.1, 0.15) is 5.78 Å². The van der Waals surface area contributed by atoms with Crippen LogP contribution in [0.4, 0.5) is 0 Å². The highest BCUT2D eigenvalue weighted by molar-refractivity contribution is 6.04. The van der Waals surface area contributed by atoms with E-state index in [1.54, 1.807) is 11.8 Å². The average molecular weight is 380 g/mol. The summed E-state index contributed by atoms with van der Waals surface area (Å²) in [4.78, 5) is 38.7. The Hall–Kier alpha value is -1.19. The second-order valence-electron chi connectivity index (χ2n) is 11.3. The summed E-state index contributed by atoms with van der Waals surface area (Å²) in [6.45, 7) is 20.5. The molecule has 4 nitrogen and oxygen atoms in total. The third-order valence-corrected chi connectivity index (χ3v) is 6.36. The Balaban J connectivity index is 3.01. The number of likely N-dealkylation sites (tertiary alicyclic amines) is 1. The average Bonchev–Trinajstić information content (AvgIpc) is 2.68. The number of rotatable bonds is 9. The summed E-state index contributed by atoms with van der Waals surface area (Å²) in [5, 5.41) is 0. The minimum atomic E-state index is -0.464. The number of hydrogen-bond acceptors (Lipinski definition) is 3. The lowest BCUT2D eigenvalue weighted by molar-refractivity contribution is -0.147. The first-order chi connectivity index (χ1) is 12.0. The maximum Gasteiger partial charge on any atom is 0.233 e. The van der Waals surface area contributed by atoms with E-state index in [9.17, 15) is 14.4 Å². The number of hydrogen-bond donors (Lipinski definition) is 0. The number of carbonyl (C=O) groups is 3. The van der Waals surface area contributed by atoms with Crippen LogP contribution in [0.2, 0.25) is 0 Å². The minimum Gasteiger partial charge on any atom is -0.299 e. The molecule has 0 aromatic rings. The van der Waals surface area contributed by atoms with E-state index in [4.69, 9.17) is 0 Å². The van der Waals surface area contributed by atoms with E-state index in [1.165, 1.54) is 0 Å². The molecule has 0 aromatic heterocycles. The van der Waals surface area contributed by atoms with Crippen molar-refractivity contribution in [3.8, 4) is 0 Å². The van der Waals surface area contributed by atoms with Crippen LogP contribution in [0.1, 0.15) is 101 Å². The van der Waals surface area contributed by atoms with Crippen molar-refractivity contribution in [3.63, 3.8) is 0 Å². The van der Waals surface area contributed by atoms with Crippen molar-refractivity contribution < 1.29 is 14.4 Å². The molecule has 0 radical (unpaired) electrons. The van der Waals surface area contributed by atoms with Crippen LogP contribution in [0.15, 0.2) is 0 Å². The standard InChI is InChI=1S/C23H41NO3/c1-11-23(10,24-18(26)12-16(2)19(24)27)15-21(6,7)13-20(4,5)14-22(8,9)17(3)25/h16H,11-15H2,1-10H3. The molecule has 2 amide bonds. The highest BCUT2D eigenvalue weighted by Gasteiger charge is 2.48. The molecule has 4 heteroatoms. The van der Waals surface area contributed by atoms with E-state index >= 15 is 0 Å². The fourth-order valence-corrected chi connectivity index (χ4v) is 5.49. The lowest BCUT2D eigenvalue weighted by atomic mass is 9.64. The van der Waals surface area contributed by atoms with Crippen LogP contribution in [-0.2, 0) is 14.4 Å². The van der Waals surface area contributed by atoms with Gasteiger partial charge in [-0.25, -0.2) is 0 Å². The zero-order chi connectivity index (χ0) is 21.4. The Morgan fingerprint density at radius 2 is 1.44 bits per heavy atom. The van der Waals surface area contributed by atoms with Crippen molar-refractivity contribution in [1.29, 1.82) is 0 Å². The van der Waals surface area contributed by atoms with Gasteiger partial charge in [0.15, 0.2) is 0 Å². The van der Waals surface area contributed by atoms with Crippen LogP contribution in [0.5, 0.6) is 0 Å². The topological polar surface area (TPSA) is 54.5 Å². The summed E-state index contributed by atoms with van der Waals surface area (Å²) in [6, 6.07) is 0. The number of Topliss-reactive ketones (excluding diaryl/α,β-unsaturated/α-hetero) is 1. The Labute approximate surface area is 166 Å². The maximum absolute atomic E-state index is 12.6. The summed E-state index contributed by atoms with van der Waals surface area (Å²) in [5.74, 6) is -0.0601. The number of nitrogens with zero attached hydrogens (tertiary/aromatic N) is 1. The smallest absolute Gasteiger partial charge is 0.233 e. The van der Waals surface area contributed by atoms with Crippen LogP contribution >= 0.6 is 0 Å². The molecule has 1 heterocycles. The molecule has 1 aliphatic rings. The lowest BCUT2D eigenvalue weighted by Crippen LogP contribution is -2.52. The molecule has 0 saturated carbocycles. The van der Waals surface area contributed by atoms with E-state index in [1.807, 2.05) is 20.8 Å². The quantitative estimate of drug-likeness (QED) is 0.505. The summed E-state index contributed by atoms with van der Waals surface area (Å²) in [5.41, 5.74) is -0.883. The zero-order valence-corrected chi connectivity index (χ0v) is 19.3. The summed E-state index contributed by atoms with van der Waals surface area (Å²) in [6.07, 6.45) is 3.59. The van der Waals surface area contributed by atoms with E-state index in [-0.39, 0.29) is 39.8 Å². The third-order valence-electron chi connectivity index (χ3n) is 6.36. The predicted molar refractivity (Wildman–Crippen MR) is 110 cm³/mol. The van der Waals surface area contributed by atoms with Crippen LogP contribution in [-0.4, -0.2) is 28.0 Å². The molecule has 0 aromatic carbocycles. The molecule has 1 saturated heterocycles. The van der Waals surface area contributed by atoms with Crippen molar-refractivity contribution in [1.82, 2.24) is 4.90 Å². The fraction of sp³-hybridized carbons (Fsp3) is 0.870. The molecule has 1 aliphatic heterocycles. The van der Waals surface area contributed by atoms with E-state index in [2.05, 4.69) is 41.5 Å². The van der Waals surface area contributed by atoms with Gasteiger partial charge in [-0.15, -0.1) is 0 Å². The monoisotopic (exact) mass is 379 g/mol. The van der Waals surface area contributed by atoms with Crippen molar-refractivity contribution in [3.05, 3.63) is 0 Å². The van der Waals surface area contributed by atoms with Crippen LogP contribution in [0, 0.1) is 22.2 Å². The van der Waals surface area contributed by atoms with Gasteiger partial charge in [-0.05, 0) is 50.4 Å². The number of amides is 2. The summed E-state index contributed by atoms with van der Waals surface area (Å²) < 4.78 is 0. The second kappa shape index (κ2) is 7.67. The molecule has 2 unspecified atom stereocenters. The van der Waals surface area contributed by atoms with Crippen molar-refractivity contribution in [2.24, 2.45) is 22.2 Å². The Bertz CT molecular complexity index is 603. The van der Waals surface area contributed by atoms with Gasteiger partial charge < -0.3 is 0 Å². The van der Waals surface area contributed by atoms with Gasteiger partial charge in [0, 0.05) is 23.3 Å². The SMILES string of the molecule is CCC(C)(CC(C)(C)CC(C)(C)CC(C)(C)C(C)=O)N1C(=O)CC(C)C1=O. The zero-order valence-electron chi connectivity index (χ0n) is 19.3. The van der Waals surface area contributed by atoms with Crippen LogP contribution in [0.3, 0.4) is 0 Å². The van der Waals surface area contributed by atoms with Gasteiger partial charge in [-0.2, -0.15) is 0 Å². The molecule has 156 valence electrons. The Kier molecular flexibility index (Phi) is 6.78. The first-order valence-electron chi connectivity index (χ1n) is 10.3. The highest BCUT2D eigenvalue weighted by Crippen LogP contribution is 2.47. The lowest BCUT2D eigenvalue weighted by Gasteiger charge is -2.46. The molecular formula is C23H41NO3. The number of imide groups is 1. The van der Waals surface area contributed by atoms with Crippen molar-refractivity contribution in [2.45, 2.75) is 107 Å². The van der Waals surface area contributed by atoms with Gasteiger partial charge in [0.05, 0.1) is 0 Å². The molecule has 0 N–H and O–H groups in total. The first-order valence-corrected chi connectivity index (χ1v) is 10.3. The summed E-state index contributed by atoms with van der Waals surface area (Å²) in [7, 11) is 0. The van der Waals surface area contributed by atoms with E-state index in [0.29, 0.717) is 6.42 Å². The molecule has 2 atom stereocenters. The van der Waals surface area contributed by atoms with Crippen molar-refractivity contribution in [2.75, 3.05) is 0 Å². The molecule has 0 bridgehead atoms. The fourth-order valence-electron chi connectivity index (χ4n) is 5.49. The van der Waals surface area contributed by atoms with Gasteiger partial charge in [0.2, 0.25) is 11.8 Å². The molecule has 27 heavy (non-hydrogen) atoms. The second-order valence-corrected chi connectivity index (χ2v) is 11.3. The van der Waals surface area contributed by atoms with Gasteiger partial charge in [0.25, 0.3) is 0 Å². The van der Waals surface area contributed by atoms with Crippen molar-refractivity contribution >= 4 is 17.6 Å². The Morgan fingerprint density at radius 1 is 0.963 bits per heavy atom. The van der Waals surface area contributed by atoms with Crippen LogP contribution < -0.4 is 0 Å². The molecule has 1 fully saturated rings. The minimum absolute atomic E-state index is 0.0142. The number of ketones is 1. The predicted octanol–water partition coefficient (Wildman–Crippen LogP) is 5.39. The molecule has 0 aliphatic carbocycles. The molecule has 0 spiro atoms. The number of carbonyl (C=O) groups excluding carboxylic acids is 3. The molecule has 1 rings (SSSR count). The first kappa shape index (κ1) is 23.8. The van der Waals surface area contributed by atoms with E-state index < -0.39 is 5.54 Å². The molecular weight excluding hydrogens is 338 g/mol. The maximum atomic E-state index is 12.6. The largest absolute Gasteiger partial charge is 0.299 e. The van der Waals surface area contributed by atoms with Crippen LogP contribution in [0.25, 0.3) is 0 Å². The van der Waals surface area contributed by atoms with Gasteiger partial charge >= 0.3 is 0 Å². The third kappa shape index (κ3) is 5.65. The normalized spacial score (nSPS) is 21.6. The highest BCUT2D eigenvalue weighted by atomic mass is 16.2.